The van der Waals surface area contributed by atoms with Crippen molar-refractivity contribution in [1.82, 2.24) is 15.5 Å². The van der Waals surface area contributed by atoms with E-state index >= 15 is 0 Å². The lowest BCUT2D eigenvalue weighted by molar-refractivity contribution is 0.0949. The van der Waals surface area contributed by atoms with Crippen LogP contribution in [0.15, 0.2) is 24.3 Å². The molecule has 0 radical (unpaired) electrons. The van der Waals surface area contributed by atoms with Crippen LogP contribution in [0.4, 0.5) is 14.5 Å². The molecule has 2 aromatic rings. The van der Waals surface area contributed by atoms with Crippen LogP contribution in [0.2, 0.25) is 0 Å². The van der Waals surface area contributed by atoms with Gasteiger partial charge in [-0.25, -0.2) is 8.78 Å². The van der Waals surface area contributed by atoms with Crippen molar-refractivity contribution in [2.75, 3.05) is 12.3 Å². The number of carbonyl (C=O) groups is 1. The number of hydrogen-bond acceptors (Lipinski definition) is 5. The number of anilines is 1. The summed E-state index contributed by atoms with van der Waals surface area (Å²) in [7, 11) is 0. The van der Waals surface area contributed by atoms with Gasteiger partial charge in [0.05, 0.1) is 5.69 Å². The first-order valence-electron chi connectivity index (χ1n) is 6.05. The molecule has 0 aliphatic rings. The van der Waals surface area contributed by atoms with E-state index in [4.69, 9.17) is 10.5 Å². The van der Waals surface area contributed by atoms with Crippen LogP contribution >= 0.6 is 0 Å². The number of halogens is 2. The Balaban J connectivity index is 2.17. The van der Waals surface area contributed by atoms with Gasteiger partial charge in [-0.15, -0.1) is 10.2 Å². The van der Waals surface area contributed by atoms with Gasteiger partial charge in [-0.3, -0.25) is 4.79 Å². The predicted octanol–water partition coefficient (Wildman–Crippen LogP) is 1.88. The Morgan fingerprint density at radius 1 is 1.29 bits per heavy atom. The Labute approximate surface area is 118 Å². The minimum absolute atomic E-state index is 0.0777. The van der Waals surface area contributed by atoms with Gasteiger partial charge < -0.3 is 15.8 Å². The van der Waals surface area contributed by atoms with Crippen LogP contribution in [-0.2, 0) is 0 Å². The van der Waals surface area contributed by atoms with Crippen molar-refractivity contribution in [3.05, 3.63) is 41.6 Å². The van der Waals surface area contributed by atoms with Crippen LogP contribution < -0.4 is 15.8 Å². The van der Waals surface area contributed by atoms with Gasteiger partial charge in [-0.05, 0) is 13.0 Å². The molecule has 110 valence electrons. The molecule has 6 nitrogen and oxygen atoms in total. The van der Waals surface area contributed by atoms with Crippen LogP contribution in [0.5, 0.6) is 11.6 Å². The highest BCUT2D eigenvalue weighted by Crippen LogP contribution is 2.26. The third-order valence-corrected chi connectivity index (χ3v) is 2.48. The largest absolute Gasteiger partial charge is 0.434 e. The zero-order valence-corrected chi connectivity index (χ0v) is 11.1. The molecule has 0 aliphatic carbocycles. The molecule has 8 heteroatoms. The molecular formula is C13H12F2N4O2. The highest BCUT2D eigenvalue weighted by atomic mass is 19.1. The van der Waals surface area contributed by atoms with Crippen molar-refractivity contribution < 1.29 is 18.3 Å². The fraction of sp³-hybridized carbons (Fsp3) is 0.154. The van der Waals surface area contributed by atoms with E-state index in [1.807, 2.05) is 0 Å². The molecule has 1 aromatic heterocycles. The molecule has 0 atom stereocenters. The van der Waals surface area contributed by atoms with Crippen LogP contribution in [-0.4, -0.2) is 22.6 Å². The maximum absolute atomic E-state index is 13.5. The maximum Gasteiger partial charge on any atom is 0.271 e. The molecular weight excluding hydrogens is 282 g/mol. The van der Waals surface area contributed by atoms with E-state index in [1.165, 1.54) is 12.1 Å². The first kappa shape index (κ1) is 14.6. The number of hydrogen-bond donors (Lipinski definition) is 2. The van der Waals surface area contributed by atoms with Crippen LogP contribution in [0.25, 0.3) is 0 Å². The number of ether oxygens (including phenoxy) is 1. The van der Waals surface area contributed by atoms with Gasteiger partial charge in [0, 0.05) is 24.7 Å². The number of nitrogens with zero attached hydrogens (tertiary/aromatic N) is 2. The molecule has 0 unspecified atom stereocenters. The molecule has 1 aromatic carbocycles. The van der Waals surface area contributed by atoms with Crippen molar-refractivity contribution in [2.45, 2.75) is 6.92 Å². The van der Waals surface area contributed by atoms with Crippen molar-refractivity contribution in [3.63, 3.8) is 0 Å². The number of amides is 1. The highest BCUT2D eigenvalue weighted by molar-refractivity contribution is 5.91. The smallest absolute Gasteiger partial charge is 0.271 e. The highest BCUT2D eigenvalue weighted by Gasteiger charge is 2.12. The second-order valence-electron chi connectivity index (χ2n) is 4.02. The molecule has 0 saturated carbocycles. The summed E-state index contributed by atoms with van der Waals surface area (Å²) in [5.41, 5.74) is 4.99. The molecule has 0 aliphatic heterocycles. The van der Waals surface area contributed by atoms with Crippen LogP contribution in [0, 0.1) is 11.6 Å². The summed E-state index contributed by atoms with van der Waals surface area (Å²) in [5.74, 6) is -2.48. The minimum Gasteiger partial charge on any atom is -0.434 e. The van der Waals surface area contributed by atoms with E-state index in [1.54, 1.807) is 6.92 Å². The number of benzene rings is 1. The number of nitrogens with one attached hydrogen (secondary N) is 1. The van der Waals surface area contributed by atoms with Gasteiger partial charge in [0.2, 0.25) is 5.88 Å². The van der Waals surface area contributed by atoms with Gasteiger partial charge in [0.15, 0.2) is 17.3 Å². The lowest BCUT2D eigenvalue weighted by Crippen LogP contribution is -2.23. The van der Waals surface area contributed by atoms with Gasteiger partial charge in [-0.2, -0.15) is 0 Å². The Morgan fingerprint density at radius 3 is 2.67 bits per heavy atom. The normalized spacial score (nSPS) is 10.2. The molecule has 1 amide bonds. The van der Waals surface area contributed by atoms with E-state index in [0.29, 0.717) is 6.54 Å². The monoisotopic (exact) mass is 294 g/mol. The zero-order chi connectivity index (χ0) is 15.4. The lowest BCUT2D eigenvalue weighted by atomic mass is 10.3. The Morgan fingerprint density at radius 2 is 2.05 bits per heavy atom. The topological polar surface area (TPSA) is 90.1 Å². The number of aromatic nitrogens is 2. The quantitative estimate of drug-likeness (QED) is 0.840. The third kappa shape index (κ3) is 3.41. The van der Waals surface area contributed by atoms with E-state index in [2.05, 4.69) is 15.5 Å². The molecule has 1 heterocycles. The van der Waals surface area contributed by atoms with Crippen molar-refractivity contribution in [2.24, 2.45) is 0 Å². The zero-order valence-electron chi connectivity index (χ0n) is 11.1. The molecule has 2 rings (SSSR count). The SMILES string of the molecule is CCNC(=O)c1ccc(Oc2cc(F)c(N)cc2F)nn1. The van der Waals surface area contributed by atoms with E-state index in [-0.39, 0.29) is 28.9 Å². The molecule has 0 saturated heterocycles. The Kier molecular flexibility index (Phi) is 4.27. The molecule has 21 heavy (non-hydrogen) atoms. The number of nitrogen functional groups attached to an aromatic ring is 1. The predicted molar refractivity (Wildman–Crippen MR) is 70.9 cm³/mol. The van der Waals surface area contributed by atoms with Crippen molar-refractivity contribution >= 4 is 11.6 Å². The second-order valence-corrected chi connectivity index (χ2v) is 4.02. The number of rotatable bonds is 4. The number of nitrogens with two attached hydrogens (primary N) is 1. The van der Waals surface area contributed by atoms with Gasteiger partial charge >= 0.3 is 0 Å². The summed E-state index contributed by atoms with van der Waals surface area (Å²) in [4.78, 5) is 11.5. The third-order valence-electron chi connectivity index (χ3n) is 2.48. The van der Waals surface area contributed by atoms with Gasteiger partial charge in [0.25, 0.3) is 5.91 Å². The first-order chi connectivity index (χ1) is 10.0. The molecule has 0 bridgehead atoms. The average Bonchev–Trinajstić information content (AvgIpc) is 2.46. The Bertz CT molecular complexity index is 662. The summed E-state index contributed by atoms with van der Waals surface area (Å²) in [6.45, 7) is 2.22. The van der Waals surface area contributed by atoms with E-state index in [9.17, 15) is 13.6 Å². The molecule has 3 N–H and O–H groups in total. The van der Waals surface area contributed by atoms with Crippen LogP contribution in [0.1, 0.15) is 17.4 Å². The Hall–Kier alpha value is -2.77. The van der Waals surface area contributed by atoms with Crippen LogP contribution in [0.3, 0.4) is 0 Å². The summed E-state index contributed by atoms with van der Waals surface area (Å²) >= 11 is 0. The molecule has 0 spiro atoms. The van der Waals surface area contributed by atoms with Crippen molar-refractivity contribution in [1.29, 1.82) is 0 Å². The fourth-order valence-electron chi connectivity index (χ4n) is 1.48. The standard InChI is InChI=1S/C13H12F2N4O2/c1-2-17-13(20)10-3-4-12(19-18-10)21-11-6-7(14)9(16)5-8(11)15/h3-6H,2,16H2,1H3,(H,17,20). The molecule has 0 fully saturated rings. The van der Waals surface area contributed by atoms with Gasteiger partial charge in [0.1, 0.15) is 5.82 Å². The maximum atomic E-state index is 13.5. The second kappa shape index (κ2) is 6.12. The van der Waals surface area contributed by atoms with Gasteiger partial charge in [-0.1, -0.05) is 0 Å². The van der Waals surface area contributed by atoms with Crippen molar-refractivity contribution in [3.8, 4) is 11.6 Å². The first-order valence-corrected chi connectivity index (χ1v) is 6.05. The number of carbonyl (C=O) groups excluding carboxylic acids is 1. The fourth-order valence-corrected chi connectivity index (χ4v) is 1.48. The van der Waals surface area contributed by atoms with E-state index in [0.717, 1.165) is 12.1 Å². The average molecular weight is 294 g/mol. The summed E-state index contributed by atoms with van der Waals surface area (Å²) in [6.07, 6.45) is 0. The summed E-state index contributed by atoms with van der Waals surface area (Å²) in [6, 6.07) is 4.30. The minimum atomic E-state index is -0.830. The lowest BCUT2D eigenvalue weighted by Gasteiger charge is -2.07. The summed E-state index contributed by atoms with van der Waals surface area (Å²) in [5, 5.41) is 9.80. The summed E-state index contributed by atoms with van der Waals surface area (Å²) < 4.78 is 31.9. The van der Waals surface area contributed by atoms with E-state index < -0.39 is 11.6 Å².